The normalized spacial score (nSPS) is 12.6. The Hall–Kier alpha value is -2.46. The molecule has 0 radical (unpaired) electrons. The van der Waals surface area contributed by atoms with Crippen molar-refractivity contribution in [3.8, 4) is 0 Å². The highest BCUT2D eigenvalue weighted by molar-refractivity contribution is 6.31. The molecule has 0 fully saturated rings. The van der Waals surface area contributed by atoms with Crippen LogP contribution in [0.3, 0.4) is 0 Å². The van der Waals surface area contributed by atoms with Gasteiger partial charge in [0.2, 0.25) is 0 Å². The maximum Gasteiger partial charge on any atom is 0.312 e. The van der Waals surface area contributed by atoms with Crippen LogP contribution in [0.1, 0.15) is 29.8 Å². The molecule has 2 rings (SSSR count). The fourth-order valence-corrected chi connectivity index (χ4v) is 2.39. The van der Waals surface area contributed by atoms with Crippen molar-refractivity contribution < 1.29 is 18.9 Å². The lowest BCUT2D eigenvalue weighted by Crippen LogP contribution is -2.36. The SMILES string of the molecule is CCOC(=O)C(C)/C=C(\C(=O)c1ccc(Cl)cc1)[n+]1ccc(C)cc1. The van der Waals surface area contributed by atoms with Crippen molar-refractivity contribution in [2.75, 3.05) is 6.61 Å². The van der Waals surface area contributed by atoms with Gasteiger partial charge < -0.3 is 4.74 Å². The third kappa shape index (κ3) is 5.00. The summed E-state index contributed by atoms with van der Waals surface area (Å²) < 4.78 is 6.75. The molecule has 25 heavy (non-hydrogen) atoms. The van der Waals surface area contributed by atoms with Gasteiger partial charge in [0.15, 0.2) is 12.4 Å². The van der Waals surface area contributed by atoms with Gasteiger partial charge in [0.1, 0.15) is 0 Å². The molecule has 1 aromatic heterocycles. The molecule has 2 aromatic rings. The van der Waals surface area contributed by atoms with Crippen LogP contribution in [0.4, 0.5) is 0 Å². The molecule has 0 aliphatic rings. The van der Waals surface area contributed by atoms with Gasteiger partial charge >= 0.3 is 5.97 Å². The number of allylic oxidation sites excluding steroid dienone is 1. The first-order valence-corrected chi connectivity index (χ1v) is 8.47. The van der Waals surface area contributed by atoms with E-state index in [4.69, 9.17) is 16.3 Å². The molecular formula is C20H21ClNO3+. The Labute approximate surface area is 152 Å². The minimum Gasteiger partial charge on any atom is -0.466 e. The van der Waals surface area contributed by atoms with Crippen LogP contribution in [0.2, 0.25) is 5.02 Å². The summed E-state index contributed by atoms with van der Waals surface area (Å²) in [6.07, 6.45) is 5.23. The third-order valence-electron chi connectivity index (χ3n) is 3.68. The van der Waals surface area contributed by atoms with Crippen molar-refractivity contribution in [3.63, 3.8) is 0 Å². The number of hydrogen-bond donors (Lipinski definition) is 0. The maximum atomic E-state index is 13.0. The van der Waals surface area contributed by atoms with Crippen LogP contribution in [0.25, 0.3) is 5.70 Å². The van der Waals surface area contributed by atoms with Crippen molar-refractivity contribution in [1.29, 1.82) is 0 Å². The van der Waals surface area contributed by atoms with Gasteiger partial charge in [0.25, 0.3) is 11.5 Å². The van der Waals surface area contributed by atoms with E-state index in [9.17, 15) is 9.59 Å². The molecule has 4 nitrogen and oxygen atoms in total. The van der Waals surface area contributed by atoms with Crippen molar-refractivity contribution >= 4 is 29.1 Å². The van der Waals surface area contributed by atoms with Crippen molar-refractivity contribution in [2.45, 2.75) is 20.8 Å². The second-order valence-corrected chi connectivity index (χ2v) is 6.15. The highest BCUT2D eigenvalue weighted by Gasteiger charge is 2.25. The molecule has 130 valence electrons. The largest absolute Gasteiger partial charge is 0.466 e. The third-order valence-corrected chi connectivity index (χ3v) is 3.93. The smallest absolute Gasteiger partial charge is 0.312 e. The van der Waals surface area contributed by atoms with Gasteiger partial charge in [0.05, 0.1) is 12.5 Å². The van der Waals surface area contributed by atoms with Gasteiger partial charge in [-0.3, -0.25) is 9.59 Å². The van der Waals surface area contributed by atoms with Crippen LogP contribution >= 0.6 is 11.6 Å². The standard InChI is InChI=1S/C20H21ClNO3/c1-4-25-20(24)15(3)13-18(22-11-9-14(2)10-12-22)19(23)16-5-7-17(21)8-6-16/h5-13,15H,4H2,1-3H3/q+1/b18-13+. The molecule has 0 amide bonds. The van der Waals surface area contributed by atoms with Gasteiger partial charge in [-0.15, -0.1) is 0 Å². The van der Waals surface area contributed by atoms with Crippen LogP contribution in [0.15, 0.2) is 54.9 Å². The van der Waals surface area contributed by atoms with E-state index in [2.05, 4.69) is 0 Å². The van der Waals surface area contributed by atoms with Crippen LogP contribution in [-0.4, -0.2) is 18.4 Å². The second kappa shape index (κ2) is 8.58. The number of benzene rings is 1. The number of carbonyl (C=O) groups is 2. The molecule has 0 aliphatic carbocycles. The number of Topliss-reactive ketones (excluding diaryl/α,β-unsaturated/α-hetero) is 1. The number of ketones is 1. The summed E-state index contributed by atoms with van der Waals surface area (Å²) in [5.74, 6) is -1.10. The van der Waals surface area contributed by atoms with E-state index in [1.54, 1.807) is 61.1 Å². The summed E-state index contributed by atoms with van der Waals surface area (Å²) in [4.78, 5) is 24.9. The summed E-state index contributed by atoms with van der Waals surface area (Å²) in [5, 5.41) is 0.560. The van der Waals surface area contributed by atoms with Crippen LogP contribution < -0.4 is 4.57 Å². The monoisotopic (exact) mass is 358 g/mol. The number of pyridine rings is 1. The zero-order valence-corrected chi connectivity index (χ0v) is 15.3. The first-order valence-electron chi connectivity index (χ1n) is 8.09. The minimum absolute atomic E-state index is 0.193. The Morgan fingerprint density at radius 1 is 1.16 bits per heavy atom. The Bertz CT molecular complexity index is 780. The van der Waals surface area contributed by atoms with E-state index < -0.39 is 5.92 Å². The lowest BCUT2D eigenvalue weighted by molar-refractivity contribution is -0.577. The number of esters is 1. The average Bonchev–Trinajstić information content (AvgIpc) is 2.60. The first-order chi connectivity index (χ1) is 11.9. The van der Waals surface area contributed by atoms with Crippen LogP contribution in [-0.2, 0) is 9.53 Å². The zero-order valence-electron chi connectivity index (χ0n) is 14.5. The van der Waals surface area contributed by atoms with Gasteiger partial charge in [0, 0.05) is 28.8 Å². The highest BCUT2D eigenvalue weighted by Crippen LogP contribution is 2.15. The number of aryl methyl sites for hydroxylation is 1. The molecule has 5 heteroatoms. The Balaban J connectivity index is 2.44. The number of nitrogens with zero attached hydrogens (tertiary/aromatic N) is 1. The molecule has 1 atom stereocenters. The number of rotatable bonds is 6. The quantitative estimate of drug-likeness (QED) is 0.341. The maximum absolute atomic E-state index is 13.0. The second-order valence-electron chi connectivity index (χ2n) is 5.71. The summed E-state index contributed by atoms with van der Waals surface area (Å²) in [5.41, 5.74) is 1.97. The molecule has 0 N–H and O–H groups in total. The van der Waals surface area contributed by atoms with E-state index in [0.29, 0.717) is 22.9 Å². The number of aromatic nitrogens is 1. The van der Waals surface area contributed by atoms with Gasteiger partial charge in [-0.25, -0.2) is 0 Å². The lowest BCUT2D eigenvalue weighted by Gasteiger charge is -2.08. The van der Waals surface area contributed by atoms with Crippen molar-refractivity contribution in [2.24, 2.45) is 5.92 Å². The van der Waals surface area contributed by atoms with Gasteiger partial charge in [-0.05, 0) is 50.6 Å². The molecule has 0 saturated heterocycles. The molecular weight excluding hydrogens is 338 g/mol. The average molecular weight is 359 g/mol. The minimum atomic E-state index is -0.542. The summed E-state index contributed by atoms with van der Waals surface area (Å²) in [6, 6.07) is 10.5. The number of ether oxygens (including phenoxy) is 1. The fraction of sp³-hybridized carbons (Fsp3) is 0.250. The van der Waals surface area contributed by atoms with Crippen molar-refractivity contribution in [1.82, 2.24) is 0 Å². The summed E-state index contributed by atoms with van der Waals surface area (Å²) in [7, 11) is 0. The van der Waals surface area contributed by atoms with E-state index in [-0.39, 0.29) is 11.8 Å². The van der Waals surface area contributed by atoms with E-state index >= 15 is 0 Å². The number of halogens is 1. The summed E-state index contributed by atoms with van der Waals surface area (Å²) in [6.45, 7) is 5.73. The lowest BCUT2D eigenvalue weighted by atomic mass is 10.0. The molecule has 0 aliphatic heterocycles. The fourth-order valence-electron chi connectivity index (χ4n) is 2.27. The first kappa shape index (κ1) is 18.9. The summed E-state index contributed by atoms with van der Waals surface area (Å²) >= 11 is 5.90. The molecule has 0 saturated carbocycles. The molecule has 1 aromatic carbocycles. The number of carbonyl (C=O) groups excluding carboxylic acids is 2. The molecule has 0 bridgehead atoms. The Kier molecular flexibility index (Phi) is 6.48. The van der Waals surface area contributed by atoms with E-state index in [1.165, 1.54) is 0 Å². The Morgan fingerprint density at radius 3 is 2.32 bits per heavy atom. The van der Waals surface area contributed by atoms with Crippen molar-refractivity contribution in [3.05, 3.63) is 71.0 Å². The molecule has 1 unspecified atom stereocenters. The molecule has 0 spiro atoms. The predicted octanol–water partition coefficient (Wildman–Crippen LogP) is 3.86. The van der Waals surface area contributed by atoms with Gasteiger partial charge in [-0.1, -0.05) is 11.6 Å². The zero-order chi connectivity index (χ0) is 18.4. The number of hydrogen-bond acceptors (Lipinski definition) is 3. The van der Waals surface area contributed by atoms with Crippen LogP contribution in [0.5, 0.6) is 0 Å². The topological polar surface area (TPSA) is 47.3 Å². The van der Waals surface area contributed by atoms with E-state index in [1.807, 2.05) is 19.1 Å². The highest BCUT2D eigenvalue weighted by atomic mass is 35.5. The van der Waals surface area contributed by atoms with E-state index in [0.717, 1.165) is 5.56 Å². The van der Waals surface area contributed by atoms with Gasteiger partial charge in [-0.2, -0.15) is 4.57 Å². The Morgan fingerprint density at radius 2 is 1.76 bits per heavy atom. The predicted molar refractivity (Wildman–Crippen MR) is 97.2 cm³/mol. The molecule has 1 heterocycles. The van der Waals surface area contributed by atoms with Crippen LogP contribution in [0, 0.1) is 12.8 Å².